The number of carboxylic acids is 1. The Kier molecular flexibility index (Phi) is 6.39. The Bertz CT molecular complexity index is 1010. The van der Waals surface area contributed by atoms with Gasteiger partial charge in [-0.25, -0.2) is 4.79 Å². The van der Waals surface area contributed by atoms with E-state index in [-0.39, 0.29) is 6.61 Å². The van der Waals surface area contributed by atoms with Crippen LogP contribution in [0.2, 0.25) is 0 Å². The van der Waals surface area contributed by atoms with Gasteiger partial charge in [0.15, 0.2) is 5.60 Å². The molecule has 0 aliphatic carbocycles. The van der Waals surface area contributed by atoms with Crippen molar-refractivity contribution in [2.45, 2.75) is 32.6 Å². The van der Waals surface area contributed by atoms with E-state index in [1.165, 1.54) is 13.8 Å². The number of carboxylic acid groups (broad SMARTS) is 1. The number of hydrogen-bond acceptors (Lipinski definition) is 4. The lowest BCUT2D eigenvalue weighted by atomic mass is 10.1. The Balaban J connectivity index is 1.96. The number of benzene rings is 2. The van der Waals surface area contributed by atoms with Gasteiger partial charge in [0.2, 0.25) is 0 Å². The fourth-order valence-corrected chi connectivity index (χ4v) is 3.19. The second-order valence-electron chi connectivity index (χ2n) is 7.11. The zero-order valence-electron chi connectivity index (χ0n) is 16.6. The van der Waals surface area contributed by atoms with Crippen molar-refractivity contribution < 1.29 is 19.4 Å². The zero-order valence-corrected chi connectivity index (χ0v) is 18.1. The summed E-state index contributed by atoms with van der Waals surface area (Å²) in [6.07, 6.45) is 0. The predicted molar refractivity (Wildman–Crippen MR) is 114 cm³/mol. The van der Waals surface area contributed by atoms with Gasteiger partial charge in [0, 0.05) is 10.0 Å². The van der Waals surface area contributed by atoms with Gasteiger partial charge in [0.05, 0.1) is 31.6 Å². The molecule has 29 heavy (non-hydrogen) atoms. The molecule has 3 rings (SSSR count). The Hall–Kier alpha value is -2.64. The minimum Gasteiger partial charge on any atom is -0.497 e. The predicted octanol–water partition coefficient (Wildman–Crippen LogP) is 4.75. The van der Waals surface area contributed by atoms with Crippen molar-refractivity contribution in [2.75, 3.05) is 7.11 Å². The maximum Gasteiger partial charge on any atom is 0.335 e. The van der Waals surface area contributed by atoms with Crippen molar-refractivity contribution in [3.05, 3.63) is 70.3 Å². The average molecular weight is 459 g/mol. The van der Waals surface area contributed by atoms with Crippen LogP contribution >= 0.6 is 15.9 Å². The van der Waals surface area contributed by atoms with E-state index in [4.69, 9.17) is 9.47 Å². The number of aromatic nitrogens is 2. The van der Waals surface area contributed by atoms with E-state index in [1.807, 2.05) is 59.3 Å². The summed E-state index contributed by atoms with van der Waals surface area (Å²) in [5.74, 6) is -0.265. The third kappa shape index (κ3) is 5.05. The number of aliphatic carboxylic acids is 1. The molecular weight excluding hydrogens is 436 g/mol. The lowest BCUT2D eigenvalue weighted by molar-refractivity contribution is -0.162. The van der Waals surface area contributed by atoms with E-state index in [1.54, 1.807) is 7.11 Å². The molecule has 7 heteroatoms. The third-order valence-electron chi connectivity index (χ3n) is 4.57. The Morgan fingerprint density at radius 2 is 1.93 bits per heavy atom. The van der Waals surface area contributed by atoms with Gasteiger partial charge >= 0.3 is 5.97 Å². The van der Waals surface area contributed by atoms with Crippen LogP contribution in [0.5, 0.6) is 5.75 Å². The van der Waals surface area contributed by atoms with Crippen molar-refractivity contribution in [2.24, 2.45) is 0 Å². The number of halogens is 1. The summed E-state index contributed by atoms with van der Waals surface area (Å²) < 4.78 is 13.8. The molecule has 0 atom stereocenters. The fraction of sp³-hybridized carbons (Fsp3) is 0.273. The molecule has 0 amide bonds. The van der Waals surface area contributed by atoms with Crippen LogP contribution in [0.15, 0.2) is 59.1 Å². The molecule has 0 unspecified atom stereocenters. The monoisotopic (exact) mass is 458 g/mol. The molecule has 0 saturated carbocycles. The van der Waals surface area contributed by atoms with Gasteiger partial charge in [-0.2, -0.15) is 5.10 Å². The van der Waals surface area contributed by atoms with Gasteiger partial charge in [-0.1, -0.05) is 46.3 Å². The molecule has 2 aromatic carbocycles. The normalized spacial score (nSPS) is 11.4. The standard InChI is InChI=1S/C22H23BrN2O4/c1-22(2,21(26)27)29-14-17-12-20(15-8-6-9-18(11-15)28-3)25(24-17)13-16-7-4-5-10-19(16)23/h4-12H,13-14H2,1-3H3,(H,26,27). The average Bonchev–Trinajstić information content (AvgIpc) is 3.11. The van der Waals surface area contributed by atoms with Gasteiger partial charge < -0.3 is 14.6 Å². The second kappa shape index (κ2) is 8.80. The van der Waals surface area contributed by atoms with E-state index >= 15 is 0 Å². The maximum absolute atomic E-state index is 11.3. The van der Waals surface area contributed by atoms with Gasteiger partial charge in [-0.15, -0.1) is 0 Å². The molecule has 1 N–H and O–H groups in total. The van der Waals surface area contributed by atoms with E-state index in [2.05, 4.69) is 21.0 Å². The highest BCUT2D eigenvalue weighted by Gasteiger charge is 2.28. The minimum atomic E-state index is -1.29. The Morgan fingerprint density at radius 1 is 1.17 bits per heavy atom. The van der Waals surface area contributed by atoms with Gasteiger partial charge in [0.1, 0.15) is 5.75 Å². The molecular formula is C22H23BrN2O4. The topological polar surface area (TPSA) is 73.6 Å². The molecule has 0 radical (unpaired) electrons. The van der Waals surface area contributed by atoms with E-state index in [9.17, 15) is 9.90 Å². The summed E-state index contributed by atoms with van der Waals surface area (Å²) in [5.41, 5.74) is 2.30. The summed E-state index contributed by atoms with van der Waals surface area (Å²) in [6, 6.07) is 17.6. The number of methoxy groups -OCH3 is 1. The highest BCUT2D eigenvalue weighted by Crippen LogP contribution is 2.27. The first-order chi connectivity index (χ1) is 13.8. The van der Waals surface area contributed by atoms with Gasteiger partial charge in [0.25, 0.3) is 0 Å². The first-order valence-corrected chi connectivity index (χ1v) is 9.91. The van der Waals surface area contributed by atoms with Gasteiger partial charge in [-0.3, -0.25) is 4.68 Å². The van der Waals surface area contributed by atoms with Crippen LogP contribution < -0.4 is 4.74 Å². The van der Waals surface area contributed by atoms with Crippen LogP contribution in [0.25, 0.3) is 11.3 Å². The number of carbonyl (C=O) groups is 1. The first-order valence-electron chi connectivity index (χ1n) is 9.12. The summed E-state index contributed by atoms with van der Waals surface area (Å²) in [6.45, 7) is 3.70. The first kappa shape index (κ1) is 21.1. The highest BCUT2D eigenvalue weighted by atomic mass is 79.9. The zero-order chi connectivity index (χ0) is 21.0. The van der Waals surface area contributed by atoms with Crippen molar-refractivity contribution in [1.82, 2.24) is 9.78 Å². The van der Waals surface area contributed by atoms with E-state index < -0.39 is 11.6 Å². The van der Waals surface area contributed by atoms with Crippen molar-refractivity contribution in [3.63, 3.8) is 0 Å². The number of ether oxygens (including phenoxy) is 2. The smallest absolute Gasteiger partial charge is 0.335 e. The Labute approximate surface area is 178 Å². The Morgan fingerprint density at radius 3 is 2.62 bits per heavy atom. The van der Waals surface area contributed by atoms with Crippen LogP contribution in [0.4, 0.5) is 0 Å². The third-order valence-corrected chi connectivity index (χ3v) is 5.34. The highest BCUT2D eigenvalue weighted by molar-refractivity contribution is 9.10. The molecule has 1 heterocycles. The number of nitrogens with zero attached hydrogens (tertiary/aromatic N) is 2. The summed E-state index contributed by atoms with van der Waals surface area (Å²) in [5, 5.41) is 13.9. The molecule has 0 saturated heterocycles. The van der Waals surface area contributed by atoms with Gasteiger partial charge in [-0.05, 0) is 43.7 Å². The summed E-state index contributed by atoms with van der Waals surface area (Å²) >= 11 is 3.59. The molecule has 3 aromatic rings. The summed E-state index contributed by atoms with van der Waals surface area (Å²) in [7, 11) is 1.63. The molecule has 0 spiro atoms. The van der Waals surface area contributed by atoms with Crippen molar-refractivity contribution in [3.8, 4) is 17.0 Å². The number of rotatable bonds is 8. The van der Waals surface area contributed by atoms with Crippen LogP contribution in [-0.4, -0.2) is 33.6 Å². The molecule has 6 nitrogen and oxygen atoms in total. The quantitative estimate of drug-likeness (QED) is 0.527. The maximum atomic E-state index is 11.3. The van der Waals surface area contributed by atoms with E-state index in [0.717, 1.165) is 27.0 Å². The molecule has 1 aromatic heterocycles. The lowest BCUT2D eigenvalue weighted by Crippen LogP contribution is -2.34. The molecule has 152 valence electrons. The molecule has 0 aliphatic rings. The van der Waals surface area contributed by atoms with Crippen LogP contribution in [0.3, 0.4) is 0 Å². The van der Waals surface area contributed by atoms with Crippen LogP contribution in [0.1, 0.15) is 25.1 Å². The lowest BCUT2D eigenvalue weighted by Gasteiger charge is -2.19. The minimum absolute atomic E-state index is 0.0965. The largest absolute Gasteiger partial charge is 0.497 e. The molecule has 0 aliphatic heterocycles. The van der Waals surface area contributed by atoms with Crippen molar-refractivity contribution in [1.29, 1.82) is 0 Å². The van der Waals surface area contributed by atoms with Crippen LogP contribution in [-0.2, 0) is 22.7 Å². The molecule has 0 fully saturated rings. The van der Waals surface area contributed by atoms with E-state index in [0.29, 0.717) is 12.2 Å². The SMILES string of the molecule is COc1cccc(-c2cc(COC(C)(C)C(=O)O)nn2Cc2ccccc2Br)c1. The van der Waals surface area contributed by atoms with Crippen LogP contribution in [0, 0.1) is 0 Å². The fourth-order valence-electron chi connectivity index (χ4n) is 2.78. The second-order valence-corrected chi connectivity index (χ2v) is 7.96. The molecule has 0 bridgehead atoms. The summed E-state index contributed by atoms with van der Waals surface area (Å²) in [4.78, 5) is 11.3. The van der Waals surface area contributed by atoms with Crippen molar-refractivity contribution >= 4 is 21.9 Å². The number of hydrogen-bond donors (Lipinski definition) is 1.